The van der Waals surface area contributed by atoms with Crippen molar-refractivity contribution in [3.05, 3.63) is 88.9 Å². The molecule has 0 spiro atoms. The normalized spacial score (nSPS) is 11.1. The van der Waals surface area contributed by atoms with Gasteiger partial charge in [-0.15, -0.1) is 0 Å². The maximum atomic E-state index is 12.9. The quantitative estimate of drug-likeness (QED) is 0.477. The molecule has 0 aliphatic carbocycles. The van der Waals surface area contributed by atoms with E-state index in [1.54, 1.807) is 41.3 Å². The molecule has 0 aliphatic rings. The number of amides is 2. The van der Waals surface area contributed by atoms with E-state index in [1.165, 1.54) is 43.4 Å². The molecular weight excluding hydrogens is 474 g/mol. The molecule has 178 valence electrons. The molecule has 0 saturated heterocycles. The lowest BCUT2D eigenvalue weighted by molar-refractivity contribution is 0.0774. The lowest BCUT2D eigenvalue weighted by Gasteiger charge is -2.21. The molecule has 3 rings (SSSR count). The molecule has 9 heteroatoms. The van der Waals surface area contributed by atoms with Gasteiger partial charge in [-0.2, -0.15) is 0 Å². The second kappa shape index (κ2) is 10.7. The fourth-order valence-electron chi connectivity index (χ4n) is 3.38. The zero-order valence-electron chi connectivity index (χ0n) is 19.2. The fourth-order valence-corrected chi connectivity index (χ4v) is 4.70. The first-order chi connectivity index (χ1) is 16.2. The van der Waals surface area contributed by atoms with E-state index in [0.29, 0.717) is 40.6 Å². The Morgan fingerprint density at radius 2 is 1.47 bits per heavy atom. The number of sulfonamides is 1. The number of hydrogen-bond donors (Lipinski definition) is 1. The summed E-state index contributed by atoms with van der Waals surface area (Å²) in [4.78, 5) is 27.4. The lowest BCUT2D eigenvalue weighted by Crippen LogP contribution is -2.31. The Bertz CT molecular complexity index is 1270. The predicted molar refractivity (Wildman–Crippen MR) is 135 cm³/mol. The third kappa shape index (κ3) is 5.40. The van der Waals surface area contributed by atoms with E-state index in [2.05, 4.69) is 5.32 Å². The molecule has 0 aliphatic heterocycles. The molecule has 3 aromatic carbocycles. The fraction of sp³-hybridized carbons (Fsp3) is 0.200. The first-order valence-electron chi connectivity index (χ1n) is 10.7. The zero-order valence-corrected chi connectivity index (χ0v) is 20.7. The van der Waals surface area contributed by atoms with E-state index in [9.17, 15) is 18.0 Å². The van der Waals surface area contributed by atoms with Crippen LogP contribution in [0.1, 0.15) is 34.6 Å². The average molecular weight is 500 g/mol. The lowest BCUT2D eigenvalue weighted by atomic mass is 10.1. The molecule has 0 saturated carbocycles. The number of benzene rings is 3. The molecule has 2 amide bonds. The third-order valence-corrected chi connectivity index (χ3v) is 7.47. The molecule has 7 nitrogen and oxygen atoms in total. The van der Waals surface area contributed by atoms with E-state index < -0.39 is 15.9 Å². The van der Waals surface area contributed by atoms with Crippen LogP contribution < -0.4 is 9.62 Å². The van der Waals surface area contributed by atoms with Gasteiger partial charge >= 0.3 is 0 Å². The minimum atomic E-state index is -3.79. The van der Waals surface area contributed by atoms with Gasteiger partial charge in [0.15, 0.2) is 0 Å². The summed E-state index contributed by atoms with van der Waals surface area (Å²) < 4.78 is 26.9. The van der Waals surface area contributed by atoms with Crippen molar-refractivity contribution in [1.82, 2.24) is 4.90 Å². The Balaban J connectivity index is 1.79. The molecule has 0 heterocycles. The molecular formula is C25H26ClN3O4S. The van der Waals surface area contributed by atoms with Crippen molar-refractivity contribution in [3.63, 3.8) is 0 Å². The number of para-hydroxylation sites is 1. The summed E-state index contributed by atoms with van der Waals surface area (Å²) >= 11 is 5.85. The Morgan fingerprint density at radius 3 is 2.06 bits per heavy atom. The van der Waals surface area contributed by atoms with Crippen molar-refractivity contribution in [1.29, 1.82) is 0 Å². The summed E-state index contributed by atoms with van der Waals surface area (Å²) in [6.45, 7) is 4.92. The van der Waals surface area contributed by atoms with Gasteiger partial charge in [0.05, 0.1) is 21.8 Å². The van der Waals surface area contributed by atoms with Crippen LogP contribution in [0.2, 0.25) is 5.02 Å². The summed E-state index contributed by atoms with van der Waals surface area (Å²) in [6.07, 6.45) is 0. The second-order valence-corrected chi connectivity index (χ2v) is 9.86. The number of hydrogen-bond acceptors (Lipinski definition) is 4. The van der Waals surface area contributed by atoms with E-state index in [4.69, 9.17) is 11.6 Å². The van der Waals surface area contributed by atoms with Crippen molar-refractivity contribution in [2.75, 3.05) is 29.8 Å². The molecule has 0 fully saturated rings. The van der Waals surface area contributed by atoms with Crippen molar-refractivity contribution >= 4 is 44.8 Å². The molecule has 0 unspecified atom stereocenters. The molecule has 1 N–H and O–H groups in total. The van der Waals surface area contributed by atoms with Crippen LogP contribution >= 0.6 is 11.6 Å². The Morgan fingerprint density at radius 1 is 0.882 bits per heavy atom. The summed E-state index contributed by atoms with van der Waals surface area (Å²) in [6, 6.07) is 18.9. The highest BCUT2D eigenvalue weighted by atomic mass is 35.5. The Hall–Kier alpha value is -3.36. The SMILES string of the molecule is CCN(CC)C(=O)c1ccccc1NC(=O)c1ccc(N(C)S(=O)(=O)c2ccc(Cl)cc2)cc1. The van der Waals surface area contributed by atoms with E-state index >= 15 is 0 Å². The molecule has 3 aromatic rings. The first kappa shape index (κ1) is 25.3. The van der Waals surface area contributed by atoms with Crippen molar-refractivity contribution in [2.45, 2.75) is 18.7 Å². The number of nitrogens with zero attached hydrogens (tertiary/aromatic N) is 2. The highest BCUT2D eigenvalue weighted by molar-refractivity contribution is 7.92. The minimum absolute atomic E-state index is 0.107. The topological polar surface area (TPSA) is 86.8 Å². The van der Waals surface area contributed by atoms with Crippen LogP contribution in [0.15, 0.2) is 77.7 Å². The first-order valence-corrected chi connectivity index (χ1v) is 12.5. The predicted octanol–water partition coefficient (Wildman–Crippen LogP) is 4.90. The average Bonchev–Trinajstić information content (AvgIpc) is 2.85. The number of anilines is 2. The van der Waals surface area contributed by atoms with Crippen LogP contribution in [-0.2, 0) is 10.0 Å². The molecule has 34 heavy (non-hydrogen) atoms. The number of carbonyl (C=O) groups excluding carboxylic acids is 2. The van der Waals surface area contributed by atoms with Crippen LogP contribution in [0, 0.1) is 0 Å². The second-order valence-electron chi connectivity index (χ2n) is 7.45. The zero-order chi connectivity index (χ0) is 24.9. The van der Waals surface area contributed by atoms with Crippen LogP contribution in [0.5, 0.6) is 0 Å². The maximum Gasteiger partial charge on any atom is 0.264 e. The van der Waals surface area contributed by atoms with Gasteiger partial charge in [-0.05, 0) is 74.5 Å². The smallest absolute Gasteiger partial charge is 0.264 e. The van der Waals surface area contributed by atoms with Gasteiger partial charge < -0.3 is 10.2 Å². The van der Waals surface area contributed by atoms with Gasteiger partial charge in [-0.1, -0.05) is 23.7 Å². The van der Waals surface area contributed by atoms with E-state index in [0.717, 1.165) is 4.31 Å². The summed E-state index contributed by atoms with van der Waals surface area (Å²) in [5, 5.41) is 3.23. The number of nitrogens with one attached hydrogen (secondary N) is 1. The number of carbonyl (C=O) groups is 2. The van der Waals surface area contributed by atoms with Crippen LogP contribution in [0.3, 0.4) is 0 Å². The van der Waals surface area contributed by atoms with Crippen LogP contribution in [0.4, 0.5) is 11.4 Å². The monoisotopic (exact) mass is 499 g/mol. The van der Waals surface area contributed by atoms with Crippen LogP contribution in [-0.4, -0.2) is 45.3 Å². The van der Waals surface area contributed by atoms with Gasteiger partial charge in [0, 0.05) is 30.7 Å². The Kier molecular flexibility index (Phi) is 7.96. The molecule has 0 aromatic heterocycles. The highest BCUT2D eigenvalue weighted by Crippen LogP contribution is 2.24. The van der Waals surface area contributed by atoms with Gasteiger partial charge in [0.2, 0.25) is 0 Å². The van der Waals surface area contributed by atoms with E-state index in [-0.39, 0.29) is 10.8 Å². The van der Waals surface area contributed by atoms with Gasteiger partial charge in [0.1, 0.15) is 0 Å². The molecule has 0 bridgehead atoms. The van der Waals surface area contributed by atoms with Gasteiger partial charge in [-0.25, -0.2) is 8.42 Å². The Labute approximate surface area is 205 Å². The maximum absolute atomic E-state index is 12.9. The van der Waals surface area contributed by atoms with Crippen molar-refractivity contribution in [2.24, 2.45) is 0 Å². The van der Waals surface area contributed by atoms with Gasteiger partial charge in [0.25, 0.3) is 21.8 Å². The molecule has 0 radical (unpaired) electrons. The summed E-state index contributed by atoms with van der Waals surface area (Å²) in [5.74, 6) is -0.570. The highest BCUT2D eigenvalue weighted by Gasteiger charge is 2.22. The largest absolute Gasteiger partial charge is 0.339 e. The van der Waals surface area contributed by atoms with Crippen molar-refractivity contribution < 1.29 is 18.0 Å². The van der Waals surface area contributed by atoms with E-state index in [1.807, 2.05) is 13.8 Å². The minimum Gasteiger partial charge on any atom is -0.339 e. The van der Waals surface area contributed by atoms with Crippen LogP contribution in [0.25, 0.3) is 0 Å². The standard InChI is InChI=1S/C25H26ClN3O4S/c1-4-29(5-2)25(31)22-8-6-7-9-23(22)27-24(30)18-10-14-20(15-11-18)28(3)34(32,33)21-16-12-19(26)13-17-21/h6-17H,4-5H2,1-3H3,(H,27,30). The summed E-state index contributed by atoms with van der Waals surface area (Å²) in [5.41, 5.74) is 1.54. The number of rotatable bonds is 8. The summed E-state index contributed by atoms with van der Waals surface area (Å²) in [7, 11) is -2.35. The third-order valence-electron chi connectivity index (χ3n) is 5.42. The molecule has 0 atom stereocenters. The number of halogens is 1. The van der Waals surface area contributed by atoms with Crippen molar-refractivity contribution in [3.8, 4) is 0 Å². The van der Waals surface area contributed by atoms with Gasteiger partial charge in [-0.3, -0.25) is 13.9 Å².